The maximum absolute atomic E-state index is 10.4. The predicted octanol–water partition coefficient (Wildman–Crippen LogP) is 0.894. The Bertz CT molecular complexity index is 325. The van der Waals surface area contributed by atoms with Gasteiger partial charge in [0.05, 0.1) is 6.04 Å². The molecule has 0 amide bonds. The number of benzene rings is 1. The highest BCUT2D eigenvalue weighted by molar-refractivity contribution is 9.10. The Balaban J connectivity index is 2.84. The molecule has 0 bridgehead atoms. The quantitative estimate of drug-likeness (QED) is 0.753. The number of aliphatic hydroxyl groups is 1. The Morgan fingerprint density at radius 3 is 2.29 bits per heavy atom. The van der Waals surface area contributed by atoms with Crippen molar-refractivity contribution in [3.63, 3.8) is 0 Å². The van der Waals surface area contributed by atoms with Gasteiger partial charge in [-0.25, -0.2) is 4.79 Å². The third-order valence-corrected chi connectivity index (χ3v) is 2.38. The maximum Gasteiger partial charge on any atom is 0.334 e. The monoisotopic (exact) mass is 259 g/mol. The Hall–Kier alpha value is -0.910. The summed E-state index contributed by atoms with van der Waals surface area (Å²) in [7, 11) is 0. The van der Waals surface area contributed by atoms with Crippen LogP contribution in [0.3, 0.4) is 0 Å². The zero-order valence-electron chi connectivity index (χ0n) is 7.22. The maximum atomic E-state index is 10.4. The van der Waals surface area contributed by atoms with E-state index in [1.165, 1.54) is 0 Å². The standard InChI is InChI=1S/C9H10BrNO3/c10-6-3-1-5(2-4-6)7(11)8(12)9(13)14/h1-4,7-8,12H,11H2,(H,13,14)/t7-,8-/m0/s1. The van der Waals surface area contributed by atoms with Gasteiger partial charge in [-0.15, -0.1) is 0 Å². The second-order valence-electron chi connectivity index (χ2n) is 2.86. The van der Waals surface area contributed by atoms with Crippen molar-refractivity contribution >= 4 is 21.9 Å². The van der Waals surface area contributed by atoms with Gasteiger partial charge in [-0.05, 0) is 17.7 Å². The smallest absolute Gasteiger partial charge is 0.334 e. The van der Waals surface area contributed by atoms with Crippen LogP contribution in [0.25, 0.3) is 0 Å². The molecule has 0 saturated carbocycles. The number of hydrogen-bond donors (Lipinski definition) is 3. The molecule has 0 aliphatic heterocycles. The molecule has 1 aromatic rings. The molecule has 2 atom stereocenters. The van der Waals surface area contributed by atoms with Crippen molar-refractivity contribution in [1.82, 2.24) is 0 Å². The van der Waals surface area contributed by atoms with Crippen molar-refractivity contribution in [2.45, 2.75) is 12.1 Å². The summed E-state index contributed by atoms with van der Waals surface area (Å²) in [6, 6.07) is 5.91. The van der Waals surface area contributed by atoms with E-state index in [0.29, 0.717) is 5.56 Å². The molecule has 1 aromatic carbocycles. The molecule has 5 heteroatoms. The van der Waals surface area contributed by atoms with Crippen LogP contribution >= 0.6 is 15.9 Å². The summed E-state index contributed by atoms with van der Waals surface area (Å²) in [5.41, 5.74) is 6.13. The van der Waals surface area contributed by atoms with Crippen LogP contribution in [-0.2, 0) is 4.79 Å². The Morgan fingerprint density at radius 1 is 1.36 bits per heavy atom. The lowest BCUT2D eigenvalue weighted by molar-refractivity contribution is -0.147. The number of nitrogens with two attached hydrogens (primary N) is 1. The normalized spacial score (nSPS) is 14.8. The molecule has 0 unspecified atom stereocenters. The zero-order chi connectivity index (χ0) is 10.7. The molecular weight excluding hydrogens is 250 g/mol. The largest absolute Gasteiger partial charge is 0.479 e. The SMILES string of the molecule is N[C@@H](c1ccc(Br)cc1)[C@H](O)C(=O)O. The molecule has 1 rings (SSSR count). The number of halogens is 1. The minimum Gasteiger partial charge on any atom is -0.479 e. The first-order valence-electron chi connectivity index (χ1n) is 3.94. The van der Waals surface area contributed by atoms with Crippen molar-refractivity contribution in [2.75, 3.05) is 0 Å². The lowest BCUT2D eigenvalue weighted by atomic mass is 10.0. The minimum absolute atomic E-state index is 0.586. The number of hydrogen-bond acceptors (Lipinski definition) is 3. The lowest BCUT2D eigenvalue weighted by Crippen LogP contribution is -2.33. The summed E-state index contributed by atoms with van der Waals surface area (Å²) in [5, 5.41) is 17.7. The van der Waals surface area contributed by atoms with E-state index in [1.54, 1.807) is 24.3 Å². The molecule has 0 aromatic heterocycles. The van der Waals surface area contributed by atoms with Gasteiger partial charge in [0.25, 0.3) is 0 Å². The van der Waals surface area contributed by atoms with Gasteiger partial charge in [0.2, 0.25) is 0 Å². The van der Waals surface area contributed by atoms with E-state index in [1.807, 2.05) is 0 Å². The van der Waals surface area contributed by atoms with Crippen molar-refractivity contribution in [3.8, 4) is 0 Å². The molecule has 0 heterocycles. The van der Waals surface area contributed by atoms with Crippen LogP contribution in [0.15, 0.2) is 28.7 Å². The third-order valence-electron chi connectivity index (χ3n) is 1.85. The molecule has 76 valence electrons. The molecule has 0 spiro atoms. The van der Waals surface area contributed by atoms with E-state index in [4.69, 9.17) is 10.8 Å². The Labute approximate surface area is 89.5 Å². The van der Waals surface area contributed by atoms with Gasteiger partial charge in [0.1, 0.15) is 0 Å². The van der Waals surface area contributed by atoms with E-state index in [-0.39, 0.29) is 0 Å². The third kappa shape index (κ3) is 2.54. The Morgan fingerprint density at radius 2 is 1.86 bits per heavy atom. The van der Waals surface area contributed by atoms with Crippen LogP contribution in [0, 0.1) is 0 Å². The summed E-state index contributed by atoms with van der Waals surface area (Å²) in [5.74, 6) is -1.32. The first kappa shape index (κ1) is 11.2. The number of carboxylic acid groups (broad SMARTS) is 1. The highest BCUT2D eigenvalue weighted by Gasteiger charge is 2.23. The van der Waals surface area contributed by atoms with E-state index in [9.17, 15) is 9.90 Å². The summed E-state index contributed by atoms with van der Waals surface area (Å²) in [6.07, 6.45) is -1.57. The number of carbonyl (C=O) groups is 1. The average molecular weight is 260 g/mol. The van der Waals surface area contributed by atoms with Crippen molar-refractivity contribution in [1.29, 1.82) is 0 Å². The van der Waals surface area contributed by atoms with Gasteiger partial charge < -0.3 is 15.9 Å². The summed E-state index contributed by atoms with van der Waals surface area (Å²) >= 11 is 3.24. The van der Waals surface area contributed by atoms with Crippen LogP contribution in [0.2, 0.25) is 0 Å². The molecule has 4 N–H and O–H groups in total. The second kappa shape index (κ2) is 4.54. The number of aliphatic hydroxyl groups excluding tert-OH is 1. The van der Waals surface area contributed by atoms with Crippen molar-refractivity contribution in [2.24, 2.45) is 5.73 Å². The van der Waals surface area contributed by atoms with E-state index >= 15 is 0 Å². The van der Waals surface area contributed by atoms with E-state index in [0.717, 1.165) is 4.47 Å². The second-order valence-corrected chi connectivity index (χ2v) is 3.78. The van der Waals surface area contributed by atoms with Gasteiger partial charge in [-0.1, -0.05) is 28.1 Å². The summed E-state index contributed by atoms with van der Waals surface area (Å²) in [4.78, 5) is 10.4. The number of aliphatic carboxylic acids is 1. The average Bonchev–Trinajstić information content (AvgIpc) is 2.16. The summed E-state index contributed by atoms with van der Waals surface area (Å²) in [6.45, 7) is 0. The van der Waals surface area contributed by atoms with Crippen LogP contribution < -0.4 is 5.73 Å². The van der Waals surface area contributed by atoms with Gasteiger partial charge in [-0.3, -0.25) is 0 Å². The van der Waals surface area contributed by atoms with E-state index in [2.05, 4.69) is 15.9 Å². The first-order valence-corrected chi connectivity index (χ1v) is 4.73. The predicted molar refractivity (Wildman–Crippen MR) is 54.7 cm³/mol. The van der Waals surface area contributed by atoms with Gasteiger partial charge >= 0.3 is 5.97 Å². The van der Waals surface area contributed by atoms with Crippen LogP contribution in [0.1, 0.15) is 11.6 Å². The fourth-order valence-electron chi connectivity index (χ4n) is 1.02. The highest BCUT2D eigenvalue weighted by atomic mass is 79.9. The Kier molecular flexibility index (Phi) is 3.62. The van der Waals surface area contributed by atoms with Crippen molar-refractivity contribution in [3.05, 3.63) is 34.3 Å². The molecule has 0 aliphatic carbocycles. The molecule has 0 saturated heterocycles. The van der Waals surface area contributed by atoms with Gasteiger partial charge in [0, 0.05) is 4.47 Å². The fraction of sp³-hybridized carbons (Fsp3) is 0.222. The molecular formula is C9H10BrNO3. The summed E-state index contributed by atoms with van der Waals surface area (Å²) < 4.78 is 0.873. The first-order chi connectivity index (χ1) is 6.52. The molecule has 0 radical (unpaired) electrons. The van der Waals surface area contributed by atoms with E-state index < -0.39 is 18.1 Å². The minimum atomic E-state index is -1.57. The lowest BCUT2D eigenvalue weighted by Gasteiger charge is -2.15. The molecule has 4 nitrogen and oxygen atoms in total. The van der Waals surface area contributed by atoms with Crippen LogP contribution in [0.5, 0.6) is 0 Å². The van der Waals surface area contributed by atoms with Gasteiger partial charge in [0.15, 0.2) is 6.10 Å². The number of carboxylic acids is 1. The van der Waals surface area contributed by atoms with Crippen LogP contribution in [0.4, 0.5) is 0 Å². The fourth-order valence-corrected chi connectivity index (χ4v) is 1.29. The zero-order valence-corrected chi connectivity index (χ0v) is 8.81. The topological polar surface area (TPSA) is 83.5 Å². The van der Waals surface area contributed by atoms with Gasteiger partial charge in [-0.2, -0.15) is 0 Å². The van der Waals surface area contributed by atoms with Crippen molar-refractivity contribution < 1.29 is 15.0 Å². The highest BCUT2D eigenvalue weighted by Crippen LogP contribution is 2.17. The van der Waals surface area contributed by atoms with Crippen LogP contribution in [-0.4, -0.2) is 22.3 Å². The molecule has 0 fully saturated rings. The molecule has 14 heavy (non-hydrogen) atoms. The number of rotatable bonds is 3. The molecule has 0 aliphatic rings.